The lowest BCUT2D eigenvalue weighted by Crippen LogP contribution is -2.50. The number of ether oxygens (including phenoxy) is 1. The van der Waals surface area contributed by atoms with Gasteiger partial charge in [-0.3, -0.25) is 0 Å². The predicted octanol–water partition coefficient (Wildman–Crippen LogP) is 4.02. The summed E-state index contributed by atoms with van der Waals surface area (Å²) in [5.74, 6) is 2.62. The summed E-state index contributed by atoms with van der Waals surface area (Å²) in [4.78, 5) is 24.3. The molecule has 152 valence electrons. The fourth-order valence-corrected chi connectivity index (χ4v) is 4.14. The number of hydrogen-bond donors (Lipinski definition) is 1. The van der Waals surface area contributed by atoms with Crippen LogP contribution in [0.4, 0.5) is 11.6 Å². The highest BCUT2D eigenvalue weighted by Crippen LogP contribution is 2.33. The third kappa shape index (κ3) is 3.92. The molecule has 1 aliphatic heterocycles. The SMILES string of the molecule is CC(C)Oc1cccnc1N(C)C1CCN(c2cc3ccccc3[nH]2)C(C=O)C1. The second-order valence-corrected chi connectivity index (χ2v) is 7.92. The number of aromatic amines is 1. The van der Waals surface area contributed by atoms with Gasteiger partial charge >= 0.3 is 0 Å². The topological polar surface area (TPSA) is 61.5 Å². The molecule has 0 aliphatic carbocycles. The van der Waals surface area contributed by atoms with Gasteiger partial charge in [-0.25, -0.2) is 4.98 Å². The number of H-pyrrole nitrogens is 1. The summed E-state index contributed by atoms with van der Waals surface area (Å²) in [6, 6.07) is 14.2. The van der Waals surface area contributed by atoms with E-state index in [1.807, 2.05) is 45.2 Å². The lowest BCUT2D eigenvalue weighted by molar-refractivity contribution is -0.109. The zero-order valence-corrected chi connectivity index (χ0v) is 17.2. The molecule has 4 rings (SSSR count). The fraction of sp³-hybridized carbons (Fsp3) is 0.391. The minimum atomic E-state index is -0.178. The third-order valence-corrected chi connectivity index (χ3v) is 5.59. The van der Waals surface area contributed by atoms with Crippen molar-refractivity contribution in [2.75, 3.05) is 23.4 Å². The van der Waals surface area contributed by atoms with E-state index < -0.39 is 0 Å². The van der Waals surface area contributed by atoms with Crippen molar-refractivity contribution in [3.63, 3.8) is 0 Å². The maximum absolute atomic E-state index is 12.0. The van der Waals surface area contributed by atoms with E-state index in [2.05, 4.69) is 38.0 Å². The summed E-state index contributed by atoms with van der Waals surface area (Å²) in [6.07, 6.45) is 4.62. The van der Waals surface area contributed by atoms with E-state index >= 15 is 0 Å². The monoisotopic (exact) mass is 392 g/mol. The van der Waals surface area contributed by atoms with Crippen LogP contribution in [0, 0.1) is 0 Å². The van der Waals surface area contributed by atoms with E-state index in [4.69, 9.17) is 4.74 Å². The molecule has 1 aliphatic rings. The molecule has 2 aromatic heterocycles. The number of aromatic nitrogens is 2. The Morgan fingerprint density at radius 3 is 2.86 bits per heavy atom. The first-order valence-electron chi connectivity index (χ1n) is 10.2. The maximum atomic E-state index is 12.0. The Morgan fingerprint density at radius 1 is 1.28 bits per heavy atom. The number of pyridine rings is 1. The van der Waals surface area contributed by atoms with Crippen molar-refractivity contribution >= 4 is 28.8 Å². The van der Waals surface area contributed by atoms with Crippen molar-refractivity contribution < 1.29 is 9.53 Å². The normalized spacial score (nSPS) is 19.5. The highest BCUT2D eigenvalue weighted by molar-refractivity contribution is 5.84. The third-order valence-electron chi connectivity index (χ3n) is 5.59. The Morgan fingerprint density at radius 2 is 2.10 bits per heavy atom. The van der Waals surface area contributed by atoms with E-state index in [9.17, 15) is 4.79 Å². The van der Waals surface area contributed by atoms with Gasteiger partial charge < -0.3 is 24.3 Å². The molecule has 3 aromatic rings. The summed E-state index contributed by atoms with van der Waals surface area (Å²) >= 11 is 0. The zero-order valence-electron chi connectivity index (χ0n) is 17.2. The van der Waals surface area contributed by atoms with Crippen LogP contribution >= 0.6 is 0 Å². The zero-order chi connectivity index (χ0) is 20.4. The standard InChI is InChI=1S/C23H28N4O2/c1-16(2)29-21-9-6-11-24-23(21)26(3)18-10-12-27(19(14-18)15-28)22-13-17-7-4-5-8-20(17)25-22/h4-9,11,13,15-16,18-19,25H,10,12,14H2,1-3H3. The number of carbonyl (C=O) groups excluding carboxylic acids is 1. The second kappa shape index (κ2) is 8.15. The first kappa shape index (κ1) is 19.3. The number of para-hydroxylation sites is 1. The number of hydrogen-bond acceptors (Lipinski definition) is 5. The molecule has 6 heteroatoms. The van der Waals surface area contributed by atoms with Gasteiger partial charge in [0, 0.05) is 36.7 Å². The number of piperidine rings is 1. The molecule has 0 amide bonds. The molecule has 3 heterocycles. The number of anilines is 2. The molecule has 1 aromatic carbocycles. The Hall–Kier alpha value is -3.02. The molecule has 2 unspecified atom stereocenters. The summed E-state index contributed by atoms with van der Waals surface area (Å²) in [6.45, 7) is 4.83. The number of nitrogens with zero attached hydrogens (tertiary/aromatic N) is 3. The van der Waals surface area contributed by atoms with Crippen LogP contribution in [0.25, 0.3) is 10.9 Å². The summed E-state index contributed by atoms with van der Waals surface area (Å²) < 4.78 is 5.95. The molecule has 0 saturated carbocycles. The molecule has 1 N–H and O–H groups in total. The smallest absolute Gasteiger partial charge is 0.171 e. The lowest BCUT2D eigenvalue weighted by atomic mass is 9.96. The van der Waals surface area contributed by atoms with Crippen molar-refractivity contribution in [2.45, 2.75) is 44.9 Å². The average Bonchev–Trinajstić information content (AvgIpc) is 3.17. The number of fused-ring (bicyclic) bond motifs is 1. The highest BCUT2D eigenvalue weighted by atomic mass is 16.5. The Labute approximate surface area is 171 Å². The maximum Gasteiger partial charge on any atom is 0.171 e. The fourth-order valence-electron chi connectivity index (χ4n) is 4.14. The van der Waals surface area contributed by atoms with Gasteiger partial charge in [0.2, 0.25) is 0 Å². The van der Waals surface area contributed by atoms with E-state index in [0.29, 0.717) is 0 Å². The van der Waals surface area contributed by atoms with Crippen molar-refractivity contribution in [3.8, 4) is 5.75 Å². The summed E-state index contributed by atoms with van der Waals surface area (Å²) in [7, 11) is 2.04. The van der Waals surface area contributed by atoms with Gasteiger partial charge in [0.05, 0.1) is 12.1 Å². The van der Waals surface area contributed by atoms with Gasteiger partial charge in [0.1, 0.15) is 12.1 Å². The summed E-state index contributed by atoms with van der Waals surface area (Å²) in [5, 5.41) is 1.16. The highest BCUT2D eigenvalue weighted by Gasteiger charge is 2.32. The molecular formula is C23H28N4O2. The first-order valence-corrected chi connectivity index (χ1v) is 10.2. The van der Waals surface area contributed by atoms with Gasteiger partial charge in [-0.2, -0.15) is 0 Å². The number of rotatable bonds is 6. The molecule has 1 saturated heterocycles. The Balaban J connectivity index is 1.53. The van der Waals surface area contributed by atoms with Gasteiger partial charge in [-0.05, 0) is 51.0 Å². The number of carbonyl (C=O) groups is 1. The van der Waals surface area contributed by atoms with Gasteiger partial charge in [0.15, 0.2) is 11.6 Å². The molecule has 29 heavy (non-hydrogen) atoms. The molecule has 0 bridgehead atoms. The molecule has 1 fully saturated rings. The van der Waals surface area contributed by atoms with Crippen LogP contribution in [-0.2, 0) is 4.79 Å². The van der Waals surface area contributed by atoms with Crippen LogP contribution in [0.1, 0.15) is 26.7 Å². The minimum absolute atomic E-state index is 0.0814. The summed E-state index contributed by atoms with van der Waals surface area (Å²) in [5.41, 5.74) is 1.09. The first-order chi connectivity index (χ1) is 14.1. The largest absolute Gasteiger partial charge is 0.487 e. The van der Waals surface area contributed by atoms with Crippen LogP contribution in [0.2, 0.25) is 0 Å². The van der Waals surface area contributed by atoms with Crippen LogP contribution < -0.4 is 14.5 Å². The molecule has 0 spiro atoms. The van der Waals surface area contributed by atoms with Gasteiger partial charge in [0.25, 0.3) is 0 Å². The van der Waals surface area contributed by atoms with E-state index in [0.717, 1.165) is 54.0 Å². The number of benzene rings is 1. The van der Waals surface area contributed by atoms with Crippen LogP contribution in [0.5, 0.6) is 5.75 Å². The molecule has 6 nitrogen and oxygen atoms in total. The molecule has 2 atom stereocenters. The number of nitrogens with one attached hydrogen (secondary N) is 1. The second-order valence-electron chi connectivity index (χ2n) is 7.92. The van der Waals surface area contributed by atoms with Crippen LogP contribution in [0.3, 0.4) is 0 Å². The quantitative estimate of drug-likeness (QED) is 0.642. The lowest BCUT2D eigenvalue weighted by Gasteiger charge is -2.41. The van der Waals surface area contributed by atoms with E-state index in [-0.39, 0.29) is 18.2 Å². The van der Waals surface area contributed by atoms with Crippen LogP contribution in [0.15, 0.2) is 48.7 Å². The minimum Gasteiger partial charge on any atom is -0.487 e. The predicted molar refractivity (Wildman–Crippen MR) is 117 cm³/mol. The Bertz CT molecular complexity index is 951. The average molecular weight is 393 g/mol. The van der Waals surface area contributed by atoms with Crippen molar-refractivity contribution in [3.05, 3.63) is 48.7 Å². The molecule has 0 radical (unpaired) electrons. The Kier molecular flexibility index (Phi) is 5.43. The molecular weight excluding hydrogens is 364 g/mol. The van der Waals surface area contributed by atoms with Gasteiger partial charge in [-0.15, -0.1) is 0 Å². The number of aldehydes is 1. The van der Waals surface area contributed by atoms with Crippen molar-refractivity contribution in [1.29, 1.82) is 0 Å². The van der Waals surface area contributed by atoms with Crippen molar-refractivity contribution in [2.24, 2.45) is 0 Å². The van der Waals surface area contributed by atoms with Crippen LogP contribution in [-0.4, -0.2) is 48.0 Å². The van der Waals surface area contributed by atoms with E-state index in [1.165, 1.54) is 0 Å². The van der Waals surface area contributed by atoms with E-state index in [1.54, 1.807) is 6.20 Å². The van der Waals surface area contributed by atoms with Gasteiger partial charge in [-0.1, -0.05) is 18.2 Å². The van der Waals surface area contributed by atoms with Crippen molar-refractivity contribution in [1.82, 2.24) is 9.97 Å².